The molecular weight excluding hydrogens is 432 g/mol. The number of halogens is 2. The molecule has 0 saturated carbocycles. The summed E-state index contributed by atoms with van der Waals surface area (Å²) in [6.07, 6.45) is 3.32. The number of carbonyl (C=O) groups is 1. The molecule has 0 spiro atoms. The van der Waals surface area contributed by atoms with Gasteiger partial charge in [-0.1, -0.05) is 57.0 Å². The Kier molecular flexibility index (Phi) is 7.36. The van der Waals surface area contributed by atoms with E-state index in [-0.39, 0.29) is 17.5 Å². The van der Waals surface area contributed by atoms with E-state index >= 15 is 0 Å². The molecule has 6 heteroatoms. The third-order valence-electron chi connectivity index (χ3n) is 6.04. The Morgan fingerprint density at radius 2 is 1.62 bits per heavy atom. The van der Waals surface area contributed by atoms with Crippen molar-refractivity contribution in [3.05, 3.63) is 89.8 Å². The van der Waals surface area contributed by atoms with Crippen molar-refractivity contribution in [2.24, 2.45) is 5.92 Å². The molecule has 0 aliphatic rings. The van der Waals surface area contributed by atoms with Gasteiger partial charge >= 0.3 is 0 Å². The highest BCUT2D eigenvalue weighted by molar-refractivity contribution is 5.95. The van der Waals surface area contributed by atoms with Crippen molar-refractivity contribution in [2.75, 3.05) is 6.54 Å². The zero-order chi connectivity index (χ0) is 24.1. The van der Waals surface area contributed by atoms with Gasteiger partial charge in [-0.05, 0) is 65.4 Å². The molecule has 4 nitrogen and oxygen atoms in total. The Balaban J connectivity index is 1.70. The van der Waals surface area contributed by atoms with Gasteiger partial charge in [0.1, 0.15) is 11.6 Å². The molecule has 176 valence electrons. The van der Waals surface area contributed by atoms with Gasteiger partial charge < -0.3 is 9.88 Å². The molecular formula is C28H29F2N3O. The van der Waals surface area contributed by atoms with E-state index in [0.717, 1.165) is 41.5 Å². The lowest BCUT2D eigenvalue weighted by atomic mass is 10.0. The lowest BCUT2D eigenvalue weighted by Gasteiger charge is -2.13. The van der Waals surface area contributed by atoms with Crippen LogP contribution in [0.1, 0.15) is 49.3 Å². The average molecular weight is 462 g/mol. The van der Waals surface area contributed by atoms with Gasteiger partial charge in [-0.25, -0.2) is 13.8 Å². The van der Waals surface area contributed by atoms with E-state index in [1.165, 1.54) is 24.3 Å². The van der Waals surface area contributed by atoms with Crippen LogP contribution in [-0.2, 0) is 6.54 Å². The van der Waals surface area contributed by atoms with Crippen molar-refractivity contribution >= 4 is 16.9 Å². The molecule has 0 aliphatic heterocycles. The molecule has 0 radical (unpaired) electrons. The summed E-state index contributed by atoms with van der Waals surface area (Å²) < 4.78 is 28.7. The second kappa shape index (κ2) is 10.6. The van der Waals surface area contributed by atoms with Crippen LogP contribution < -0.4 is 5.32 Å². The third-order valence-corrected chi connectivity index (χ3v) is 6.04. The molecule has 3 aromatic carbocycles. The van der Waals surface area contributed by atoms with Crippen molar-refractivity contribution in [1.82, 2.24) is 14.9 Å². The third kappa shape index (κ3) is 5.50. The van der Waals surface area contributed by atoms with Crippen LogP contribution in [-0.4, -0.2) is 22.0 Å². The Morgan fingerprint density at radius 3 is 2.29 bits per heavy atom. The topological polar surface area (TPSA) is 46.9 Å². The van der Waals surface area contributed by atoms with Crippen LogP contribution in [0.5, 0.6) is 0 Å². The molecule has 1 aromatic heterocycles. The van der Waals surface area contributed by atoms with Crippen molar-refractivity contribution < 1.29 is 13.6 Å². The SMILES string of the molecule is CCCC[C@H](C)CNC(=O)c1nc2ccc(-c3ccc(F)cc3)cc2n1Cc1ccc(F)cc1. The maximum Gasteiger partial charge on any atom is 0.287 e. The fourth-order valence-corrected chi connectivity index (χ4v) is 4.05. The highest BCUT2D eigenvalue weighted by atomic mass is 19.1. The lowest BCUT2D eigenvalue weighted by Crippen LogP contribution is -2.30. The lowest BCUT2D eigenvalue weighted by molar-refractivity contribution is 0.0933. The molecule has 0 aliphatic carbocycles. The number of aromatic nitrogens is 2. The second-order valence-corrected chi connectivity index (χ2v) is 8.82. The van der Waals surface area contributed by atoms with Crippen LogP contribution in [0.2, 0.25) is 0 Å². The predicted molar refractivity (Wildman–Crippen MR) is 132 cm³/mol. The summed E-state index contributed by atoms with van der Waals surface area (Å²) in [7, 11) is 0. The van der Waals surface area contributed by atoms with Gasteiger partial charge in [-0.3, -0.25) is 4.79 Å². The monoisotopic (exact) mass is 461 g/mol. The first kappa shape index (κ1) is 23.6. The highest BCUT2D eigenvalue weighted by Gasteiger charge is 2.19. The van der Waals surface area contributed by atoms with Crippen molar-refractivity contribution in [1.29, 1.82) is 0 Å². The molecule has 1 amide bonds. The zero-order valence-corrected chi connectivity index (χ0v) is 19.5. The fraction of sp³-hybridized carbons (Fsp3) is 0.286. The smallest absolute Gasteiger partial charge is 0.287 e. The van der Waals surface area contributed by atoms with E-state index < -0.39 is 0 Å². The minimum absolute atomic E-state index is 0.231. The molecule has 4 aromatic rings. The summed E-state index contributed by atoms with van der Waals surface area (Å²) in [6.45, 7) is 5.24. The Hall–Kier alpha value is -3.54. The van der Waals surface area contributed by atoms with Gasteiger partial charge in [0.25, 0.3) is 5.91 Å². The Bertz CT molecular complexity index is 1260. The van der Waals surface area contributed by atoms with Gasteiger partial charge in [0.15, 0.2) is 5.82 Å². The first-order valence-corrected chi connectivity index (χ1v) is 11.7. The Morgan fingerprint density at radius 1 is 0.971 bits per heavy atom. The number of rotatable bonds is 9. The summed E-state index contributed by atoms with van der Waals surface area (Å²) in [6, 6.07) is 18.3. The van der Waals surface area contributed by atoms with Gasteiger partial charge in [0.05, 0.1) is 11.0 Å². The molecule has 4 rings (SSSR count). The molecule has 1 N–H and O–H groups in total. The predicted octanol–water partition coefficient (Wildman–Crippen LogP) is 6.59. The molecule has 0 saturated heterocycles. The second-order valence-electron chi connectivity index (χ2n) is 8.82. The van der Waals surface area contributed by atoms with Crippen LogP contribution in [0.4, 0.5) is 8.78 Å². The summed E-state index contributed by atoms with van der Waals surface area (Å²) in [4.78, 5) is 17.8. The summed E-state index contributed by atoms with van der Waals surface area (Å²) in [5.74, 6) is -0.137. The first-order chi connectivity index (χ1) is 16.4. The number of hydrogen-bond donors (Lipinski definition) is 1. The van der Waals surface area contributed by atoms with Gasteiger partial charge in [-0.15, -0.1) is 0 Å². The number of amides is 1. The molecule has 1 atom stereocenters. The van der Waals surface area contributed by atoms with Crippen LogP contribution >= 0.6 is 0 Å². The number of imidazole rings is 1. The number of nitrogens with zero attached hydrogens (tertiary/aromatic N) is 2. The maximum atomic E-state index is 13.4. The van der Waals surface area contributed by atoms with Crippen molar-refractivity contribution in [3.63, 3.8) is 0 Å². The number of carbonyl (C=O) groups excluding carboxylic acids is 1. The zero-order valence-electron chi connectivity index (χ0n) is 19.5. The van der Waals surface area contributed by atoms with Crippen LogP contribution in [0.25, 0.3) is 22.2 Å². The quantitative estimate of drug-likeness (QED) is 0.306. The molecule has 0 fully saturated rings. The summed E-state index contributed by atoms with van der Waals surface area (Å²) in [5.41, 5.74) is 4.10. The largest absolute Gasteiger partial charge is 0.349 e. The highest BCUT2D eigenvalue weighted by Crippen LogP contribution is 2.26. The number of unbranched alkanes of at least 4 members (excludes halogenated alkanes) is 1. The van der Waals surface area contributed by atoms with Crippen LogP contribution in [0, 0.1) is 17.6 Å². The van der Waals surface area contributed by atoms with Gasteiger partial charge in [-0.2, -0.15) is 0 Å². The number of benzene rings is 3. The van der Waals surface area contributed by atoms with E-state index in [1.54, 1.807) is 24.3 Å². The Labute approximate surface area is 198 Å². The normalized spacial score (nSPS) is 12.1. The number of hydrogen-bond acceptors (Lipinski definition) is 2. The maximum absolute atomic E-state index is 13.4. The first-order valence-electron chi connectivity index (χ1n) is 11.7. The van der Waals surface area contributed by atoms with E-state index in [0.29, 0.717) is 30.3 Å². The summed E-state index contributed by atoms with van der Waals surface area (Å²) in [5, 5.41) is 3.03. The number of fused-ring (bicyclic) bond motifs is 1. The number of nitrogens with one attached hydrogen (secondary N) is 1. The molecule has 34 heavy (non-hydrogen) atoms. The van der Waals surface area contributed by atoms with E-state index in [4.69, 9.17) is 0 Å². The van der Waals surface area contributed by atoms with Crippen molar-refractivity contribution in [2.45, 2.75) is 39.7 Å². The van der Waals surface area contributed by atoms with E-state index in [9.17, 15) is 13.6 Å². The van der Waals surface area contributed by atoms with E-state index in [1.807, 2.05) is 22.8 Å². The average Bonchev–Trinajstić information content (AvgIpc) is 3.20. The molecule has 1 heterocycles. The minimum atomic E-state index is -0.308. The van der Waals surface area contributed by atoms with E-state index in [2.05, 4.69) is 24.1 Å². The fourth-order valence-electron chi connectivity index (χ4n) is 4.05. The summed E-state index contributed by atoms with van der Waals surface area (Å²) >= 11 is 0. The van der Waals surface area contributed by atoms with Crippen LogP contribution in [0.15, 0.2) is 66.7 Å². The van der Waals surface area contributed by atoms with Crippen LogP contribution in [0.3, 0.4) is 0 Å². The van der Waals surface area contributed by atoms with Crippen molar-refractivity contribution in [3.8, 4) is 11.1 Å². The molecule has 0 bridgehead atoms. The van der Waals surface area contributed by atoms with Gasteiger partial charge in [0.2, 0.25) is 0 Å². The minimum Gasteiger partial charge on any atom is -0.349 e. The van der Waals surface area contributed by atoms with Gasteiger partial charge in [0, 0.05) is 13.1 Å². The standard InChI is InChI=1S/C28H29F2N3O/c1-3-4-5-19(2)17-31-28(34)27-32-25-15-10-22(21-8-13-24(30)14-9-21)16-26(25)33(27)18-20-6-11-23(29)12-7-20/h6-16,19H,3-5,17-18H2,1-2H3,(H,31,34)/t19-/m0/s1. The molecule has 0 unspecified atom stereocenters.